The van der Waals surface area contributed by atoms with Crippen molar-refractivity contribution in [1.82, 2.24) is 10.4 Å². The molecule has 0 saturated heterocycles. The van der Waals surface area contributed by atoms with E-state index in [1.807, 2.05) is 19.1 Å². The van der Waals surface area contributed by atoms with E-state index in [1.54, 1.807) is 0 Å². The summed E-state index contributed by atoms with van der Waals surface area (Å²) in [4.78, 5) is 21.2. The van der Waals surface area contributed by atoms with Crippen molar-refractivity contribution in [2.24, 2.45) is 0 Å². The molecule has 0 aromatic carbocycles. The number of rotatable bonds is 10. The van der Waals surface area contributed by atoms with Crippen LogP contribution in [0, 0.1) is 0 Å². The first-order chi connectivity index (χ1) is 8.97. The third kappa shape index (κ3) is 9.49. The van der Waals surface area contributed by atoms with Crippen molar-refractivity contribution in [2.45, 2.75) is 26.3 Å². The molecule has 0 aromatic heterocycles. The molecule has 0 aliphatic heterocycles. The number of hydrogen-bond acceptors (Lipinski definition) is 5. The standard InChI is InChI=1S/C11H22BrN2O4P/c1-4-5-6-11(14-10(2)15)9-13-19(16,17-3)18-8-7-12/h4-5,11,13,16H,6-9H2,1-3H3/p+1/b5-4+/t11-,19?/m1/s1. The zero-order chi connectivity index (χ0) is 14.7. The highest BCUT2D eigenvalue weighted by molar-refractivity contribution is 9.09. The van der Waals surface area contributed by atoms with Crippen LogP contribution in [-0.4, -0.2) is 42.4 Å². The Kier molecular flexibility index (Phi) is 10.7. The molecule has 0 aromatic rings. The maximum absolute atomic E-state index is 11.1. The molecule has 1 unspecified atom stereocenters. The Hall–Kier alpha value is -0.0400. The molecule has 0 spiro atoms. The summed E-state index contributed by atoms with van der Waals surface area (Å²) in [7, 11) is -1.67. The molecule has 0 rings (SSSR count). The number of allylic oxidation sites excluding steroid dienone is 1. The smallest absolute Gasteiger partial charge is 0.352 e. The van der Waals surface area contributed by atoms with Crippen LogP contribution in [0.15, 0.2) is 12.2 Å². The number of hydrogen-bond donors (Lipinski definition) is 3. The number of nitrogens with one attached hydrogen (secondary N) is 2. The second kappa shape index (κ2) is 10.7. The Labute approximate surface area is 123 Å². The molecule has 0 heterocycles. The summed E-state index contributed by atoms with van der Waals surface area (Å²) in [6.45, 7) is 4.08. The summed E-state index contributed by atoms with van der Waals surface area (Å²) in [5, 5.41) is 6.25. The first-order valence-corrected chi connectivity index (χ1v) is 8.68. The van der Waals surface area contributed by atoms with Crippen molar-refractivity contribution >= 4 is 29.9 Å². The minimum atomic E-state index is -3.05. The monoisotopic (exact) mass is 357 g/mol. The highest BCUT2D eigenvalue weighted by Gasteiger charge is 2.40. The van der Waals surface area contributed by atoms with E-state index in [2.05, 4.69) is 26.3 Å². The van der Waals surface area contributed by atoms with E-state index in [4.69, 9.17) is 9.05 Å². The molecular formula is C11H23BrN2O4P+. The predicted molar refractivity (Wildman–Crippen MR) is 80.9 cm³/mol. The lowest BCUT2D eigenvalue weighted by Crippen LogP contribution is -2.41. The summed E-state index contributed by atoms with van der Waals surface area (Å²) >= 11 is 3.21. The molecule has 0 aliphatic rings. The Balaban J connectivity index is 4.35. The SMILES string of the molecule is C/C=C/C[C@H](CN[P+](O)(OC)OCCBr)NC(C)=O. The summed E-state index contributed by atoms with van der Waals surface area (Å²) in [5.41, 5.74) is 0. The lowest BCUT2D eigenvalue weighted by molar-refractivity contribution is -0.119. The molecule has 2 atom stereocenters. The van der Waals surface area contributed by atoms with Crippen molar-refractivity contribution in [3.8, 4) is 0 Å². The van der Waals surface area contributed by atoms with E-state index in [1.165, 1.54) is 14.0 Å². The molecular weight excluding hydrogens is 335 g/mol. The third-order valence-corrected chi connectivity index (χ3v) is 4.13. The highest BCUT2D eigenvalue weighted by Crippen LogP contribution is 2.51. The van der Waals surface area contributed by atoms with Gasteiger partial charge in [0.25, 0.3) is 0 Å². The van der Waals surface area contributed by atoms with Gasteiger partial charge in [0.2, 0.25) is 5.91 Å². The van der Waals surface area contributed by atoms with Gasteiger partial charge in [-0.05, 0) is 13.3 Å². The van der Waals surface area contributed by atoms with Crippen LogP contribution in [-0.2, 0) is 13.8 Å². The average molecular weight is 358 g/mol. The van der Waals surface area contributed by atoms with Crippen LogP contribution in [0.4, 0.5) is 0 Å². The summed E-state index contributed by atoms with van der Waals surface area (Å²) in [5.74, 6) is -0.114. The van der Waals surface area contributed by atoms with Crippen molar-refractivity contribution in [2.75, 3.05) is 25.6 Å². The minimum absolute atomic E-state index is 0.114. The number of halogens is 1. The molecule has 0 aliphatic carbocycles. The number of carbonyl (C=O) groups is 1. The van der Waals surface area contributed by atoms with Gasteiger partial charge in [-0.2, -0.15) is 13.9 Å². The summed E-state index contributed by atoms with van der Waals surface area (Å²) in [6.07, 6.45) is 4.53. The Bertz CT molecular complexity index is 294. The fourth-order valence-corrected chi connectivity index (χ4v) is 2.86. The summed E-state index contributed by atoms with van der Waals surface area (Å²) < 4.78 is 10.2. The topological polar surface area (TPSA) is 79.8 Å². The van der Waals surface area contributed by atoms with Gasteiger partial charge in [-0.3, -0.25) is 4.79 Å². The van der Waals surface area contributed by atoms with E-state index < -0.39 is 8.09 Å². The maximum atomic E-state index is 11.1. The normalized spacial score (nSPS) is 16.3. The van der Waals surface area contributed by atoms with Crippen molar-refractivity contribution in [3.05, 3.63) is 12.2 Å². The van der Waals surface area contributed by atoms with Crippen molar-refractivity contribution in [3.63, 3.8) is 0 Å². The lowest BCUT2D eigenvalue weighted by atomic mass is 10.2. The number of carbonyl (C=O) groups excluding carboxylic acids is 1. The van der Waals surface area contributed by atoms with E-state index in [-0.39, 0.29) is 11.9 Å². The van der Waals surface area contributed by atoms with Gasteiger partial charge in [0.05, 0.1) is 13.7 Å². The molecule has 1 amide bonds. The molecule has 112 valence electrons. The zero-order valence-corrected chi connectivity index (χ0v) is 14.0. The van der Waals surface area contributed by atoms with Crippen molar-refractivity contribution < 1.29 is 18.7 Å². The second-order valence-electron chi connectivity index (χ2n) is 3.79. The first kappa shape index (κ1) is 19.0. The minimum Gasteiger partial charge on any atom is -0.352 e. The second-order valence-corrected chi connectivity index (χ2v) is 6.56. The quantitative estimate of drug-likeness (QED) is 0.315. The van der Waals surface area contributed by atoms with Gasteiger partial charge in [0, 0.05) is 18.3 Å². The van der Waals surface area contributed by atoms with Crippen LogP contribution in [0.3, 0.4) is 0 Å². The van der Waals surface area contributed by atoms with E-state index in [0.29, 0.717) is 24.9 Å². The molecule has 0 radical (unpaired) electrons. The fraction of sp³-hybridized carbons (Fsp3) is 0.727. The molecule has 6 nitrogen and oxygen atoms in total. The van der Waals surface area contributed by atoms with E-state index in [9.17, 15) is 9.69 Å². The maximum Gasteiger partial charge on any atom is 0.498 e. The Morgan fingerprint density at radius 2 is 2.26 bits per heavy atom. The van der Waals surface area contributed by atoms with Crippen LogP contribution in [0.2, 0.25) is 0 Å². The number of alkyl halides is 1. The van der Waals surface area contributed by atoms with Crippen LogP contribution >= 0.6 is 24.0 Å². The molecule has 3 N–H and O–H groups in total. The van der Waals surface area contributed by atoms with Crippen LogP contribution < -0.4 is 10.4 Å². The fourth-order valence-electron chi connectivity index (χ4n) is 1.33. The third-order valence-electron chi connectivity index (χ3n) is 2.19. The van der Waals surface area contributed by atoms with Gasteiger partial charge in [-0.1, -0.05) is 28.1 Å². The average Bonchev–Trinajstić information content (AvgIpc) is 2.39. The molecule has 19 heavy (non-hydrogen) atoms. The van der Waals surface area contributed by atoms with Crippen LogP contribution in [0.1, 0.15) is 20.3 Å². The first-order valence-electron chi connectivity index (χ1n) is 5.98. The van der Waals surface area contributed by atoms with Crippen LogP contribution in [0.5, 0.6) is 0 Å². The van der Waals surface area contributed by atoms with E-state index in [0.717, 1.165) is 0 Å². The van der Waals surface area contributed by atoms with Gasteiger partial charge in [-0.15, -0.1) is 5.09 Å². The predicted octanol–water partition coefficient (Wildman–Crippen LogP) is 1.77. The summed E-state index contributed by atoms with van der Waals surface area (Å²) in [6, 6.07) is -0.122. The largest absolute Gasteiger partial charge is 0.498 e. The van der Waals surface area contributed by atoms with Gasteiger partial charge >= 0.3 is 8.09 Å². The molecule has 0 saturated carbocycles. The van der Waals surface area contributed by atoms with E-state index >= 15 is 0 Å². The Morgan fingerprint density at radius 1 is 1.58 bits per heavy atom. The molecule has 0 bridgehead atoms. The van der Waals surface area contributed by atoms with Gasteiger partial charge in [0.15, 0.2) is 0 Å². The van der Waals surface area contributed by atoms with Crippen LogP contribution in [0.25, 0.3) is 0 Å². The molecule has 0 fully saturated rings. The Morgan fingerprint density at radius 3 is 2.74 bits per heavy atom. The molecule has 8 heteroatoms. The van der Waals surface area contributed by atoms with Gasteiger partial charge in [-0.25, -0.2) is 0 Å². The highest BCUT2D eigenvalue weighted by atomic mass is 79.9. The van der Waals surface area contributed by atoms with Gasteiger partial charge in [0.1, 0.15) is 6.61 Å². The lowest BCUT2D eigenvalue weighted by Gasteiger charge is -2.19. The van der Waals surface area contributed by atoms with Gasteiger partial charge < -0.3 is 5.32 Å². The van der Waals surface area contributed by atoms with Crippen molar-refractivity contribution in [1.29, 1.82) is 0 Å². The number of amides is 1. The zero-order valence-electron chi connectivity index (χ0n) is 11.6.